The van der Waals surface area contributed by atoms with Crippen molar-refractivity contribution in [2.45, 2.75) is 0 Å². The van der Waals surface area contributed by atoms with Crippen molar-refractivity contribution in [3.8, 4) is 0 Å². The third-order valence-electron chi connectivity index (χ3n) is 2.09. The molecule has 0 aliphatic rings. The molecule has 17 heavy (non-hydrogen) atoms. The summed E-state index contributed by atoms with van der Waals surface area (Å²) in [7, 11) is 0. The van der Waals surface area contributed by atoms with E-state index >= 15 is 0 Å². The fraction of sp³-hybridized carbons (Fsp3) is 0. The number of hydrogen-bond donors (Lipinski definition) is 2. The molecule has 1 aromatic carbocycles. The molecule has 86 valence electrons. The predicted octanol–water partition coefficient (Wildman–Crippen LogP) is 2.96. The molecule has 0 fully saturated rings. The molecule has 4 nitrogen and oxygen atoms in total. The molecule has 5 heteroatoms. The highest BCUT2D eigenvalue weighted by Crippen LogP contribution is 2.16. The Morgan fingerprint density at radius 3 is 2.47 bits per heavy atom. The average molecular weight is 245 g/mol. The molecule has 0 unspecified atom stereocenters. The number of urea groups is 1. The normalized spacial score (nSPS) is 9.71. The summed E-state index contributed by atoms with van der Waals surface area (Å²) in [6.45, 7) is 0. The Balaban J connectivity index is 2.06. The van der Waals surface area contributed by atoms with Crippen LogP contribution in [0.25, 0.3) is 0 Å². The molecule has 0 atom stereocenters. The van der Waals surface area contributed by atoms with Crippen molar-refractivity contribution in [3.63, 3.8) is 0 Å². The van der Waals surface area contributed by atoms with E-state index < -0.39 is 0 Å². The van der Waals surface area contributed by atoms with E-state index in [1.807, 2.05) is 18.2 Å². The summed E-state index contributed by atoms with van der Waals surface area (Å²) in [6.07, 6.45) is 1.61. The van der Waals surface area contributed by atoms with Crippen molar-refractivity contribution in [2.24, 2.45) is 0 Å². The molecule has 2 amide bonds. The van der Waals surface area contributed by atoms with E-state index in [4.69, 9.17) is 0 Å². The van der Waals surface area contributed by atoms with Crippen LogP contribution >= 0.6 is 12.8 Å². The molecule has 1 N–H and O–H groups in total. The predicted molar refractivity (Wildman–Crippen MR) is 71.2 cm³/mol. The van der Waals surface area contributed by atoms with Gasteiger partial charge < -0.3 is 0 Å². The van der Waals surface area contributed by atoms with Crippen molar-refractivity contribution in [1.82, 2.24) is 4.98 Å². The Kier molecular flexibility index (Phi) is 3.62. The second kappa shape index (κ2) is 5.36. The zero-order chi connectivity index (χ0) is 12.1. The summed E-state index contributed by atoms with van der Waals surface area (Å²) in [5.41, 5.74) is 0.698. The van der Waals surface area contributed by atoms with Gasteiger partial charge in [-0.3, -0.25) is 5.32 Å². The first-order valence-electron chi connectivity index (χ1n) is 5.03. The molecule has 0 bridgehead atoms. The Morgan fingerprint density at radius 1 is 1.12 bits per heavy atom. The van der Waals surface area contributed by atoms with Crippen LogP contribution in [0.2, 0.25) is 0 Å². The highest BCUT2D eigenvalue weighted by molar-refractivity contribution is 7.82. The minimum absolute atomic E-state index is 0.349. The highest BCUT2D eigenvalue weighted by atomic mass is 32.1. The molecule has 1 heterocycles. The van der Waals surface area contributed by atoms with Crippen LogP contribution in [-0.2, 0) is 0 Å². The van der Waals surface area contributed by atoms with Gasteiger partial charge >= 0.3 is 6.03 Å². The molecule has 0 aliphatic heterocycles. The summed E-state index contributed by atoms with van der Waals surface area (Å²) in [5, 5.41) is 2.64. The lowest BCUT2D eigenvalue weighted by Crippen LogP contribution is -2.27. The van der Waals surface area contributed by atoms with Crippen molar-refractivity contribution in [3.05, 3.63) is 54.7 Å². The number of nitrogens with one attached hydrogen (secondary N) is 1. The second-order valence-corrected chi connectivity index (χ2v) is 3.69. The molecular weight excluding hydrogens is 234 g/mol. The van der Waals surface area contributed by atoms with Crippen molar-refractivity contribution < 1.29 is 4.79 Å². The lowest BCUT2D eigenvalue weighted by Gasteiger charge is -2.15. The number of aromatic nitrogens is 1. The van der Waals surface area contributed by atoms with Gasteiger partial charge in [-0.1, -0.05) is 37.1 Å². The van der Waals surface area contributed by atoms with Gasteiger partial charge in [0.25, 0.3) is 0 Å². The third-order valence-corrected chi connectivity index (χ3v) is 2.51. The van der Waals surface area contributed by atoms with Crippen molar-refractivity contribution in [2.75, 3.05) is 9.62 Å². The number of para-hydroxylation sites is 1. The largest absolute Gasteiger partial charge is 0.337 e. The number of thiol groups is 1. The topological polar surface area (TPSA) is 45.2 Å². The molecule has 0 aliphatic carbocycles. The Labute approximate surface area is 105 Å². The molecule has 0 saturated heterocycles. The van der Waals surface area contributed by atoms with Gasteiger partial charge in [0.15, 0.2) is 0 Å². The number of pyridine rings is 1. The number of hydrogen-bond acceptors (Lipinski definition) is 3. The SMILES string of the molecule is O=C(Nc1ccccn1)N(S)c1ccccc1. The van der Waals surface area contributed by atoms with Crippen LogP contribution in [0.4, 0.5) is 16.3 Å². The molecule has 0 radical (unpaired) electrons. The first-order valence-corrected chi connectivity index (χ1v) is 5.43. The maximum Gasteiger partial charge on any atom is 0.337 e. The van der Waals surface area contributed by atoms with Crippen LogP contribution in [0, 0.1) is 0 Å². The van der Waals surface area contributed by atoms with E-state index in [1.54, 1.807) is 36.5 Å². The van der Waals surface area contributed by atoms with E-state index in [0.717, 1.165) is 0 Å². The van der Waals surface area contributed by atoms with Crippen LogP contribution < -0.4 is 9.62 Å². The number of rotatable bonds is 2. The summed E-state index contributed by atoms with van der Waals surface area (Å²) < 4.78 is 1.23. The van der Waals surface area contributed by atoms with Crippen molar-refractivity contribution >= 4 is 30.4 Å². The molecule has 1 aromatic heterocycles. The van der Waals surface area contributed by atoms with Gasteiger partial charge in [0.05, 0.1) is 5.69 Å². The van der Waals surface area contributed by atoms with E-state index in [0.29, 0.717) is 11.5 Å². The highest BCUT2D eigenvalue weighted by Gasteiger charge is 2.11. The van der Waals surface area contributed by atoms with E-state index in [9.17, 15) is 4.79 Å². The summed E-state index contributed by atoms with van der Waals surface area (Å²) in [5.74, 6) is 0.493. The quantitative estimate of drug-likeness (QED) is 0.799. The minimum Gasteiger partial charge on any atom is -0.291 e. The number of amides is 2. The standard InChI is InChI=1S/C12H11N3OS/c16-12(14-11-8-4-5-9-13-11)15(17)10-6-2-1-3-7-10/h1-9,17H,(H,13,14,16). The summed E-state index contributed by atoms with van der Waals surface area (Å²) >= 11 is 4.14. The fourth-order valence-corrected chi connectivity index (χ4v) is 1.47. The number of nitrogens with zero attached hydrogens (tertiary/aromatic N) is 2. The first-order chi connectivity index (χ1) is 8.27. The van der Waals surface area contributed by atoms with Crippen LogP contribution in [0.1, 0.15) is 0 Å². The van der Waals surface area contributed by atoms with Gasteiger partial charge in [-0.05, 0) is 24.3 Å². The van der Waals surface area contributed by atoms with Crippen LogP contribution in [0.5, 0.6) is 0 Å². The number of anilines is 2. The number of benzene rings is 1. The fourth-order valence-electron chi connectivity index (χ4n) is 1.29. The van der Waals surface area contributed by atoms with Gasteiger partial charge in [0.2, 0.25) is 0 Å². The van der Waals surface area contributed by atoms with E-state index in [-0.39, 0.29) is 6.03 Å². The van der Waals surface area contributed by atoms with Gasteiger partial charge in [0.1, 0.15) is 5.82 Å². The minimum atomic E-state index is -0.349. The van der Waals surface area contributed by atoms with Crippen LogP contribution in [-0.4, -0.2) is 11.0 Å². The monoisotopic (exact) mass is 245 g/mol. The molecule has 2 aromatic rings. The van der Waals surface area contributed by atoms with Gasteiger partial charge in [-0.15, -0.1) is 0 Å². The third kappa shape index (κ3) is 2.98. The smallest absolute Gasteiger partial charge is 0.291 e. The number of carbonyl (C=O) groups is 1. The van der Waals surface area contributed by atoms with Crippen LogP contribution in [0.15, 0.2) is 54.7 Å². The number of carbonyl (C=O) groups excluding carboxylic acids is 1. The Hall–Kier alpha value is -2.01. The molecular formula is C12H11N3OS. The van der Waals surface area contributed by atoms with Crippen molar-refractivity contribution in [1.29, 1.82) is 0 Å². The first kappa shape index (κ1) is 11.5. The van der Waals surface area contributed by atoms with Gasteiger partial charge in [-0.2, -0.15) is 0 Å². The van der Waals surface area contributed by atoms with Crippen LogP contribution in [0.3, 0.4) is 0 Å². The van der Waals surface area contributed by atoms with E-state index in [1.165, 1.54) is 4.31 Å². The second-order valence-electron chi connectivity index (χ2n) is 3.29. The lowest BCUT2D eigenvalue weighted by atomic mass is 10.3. The zero-order valence-corrected chi connectivity index (χ0v) is 9.84. The average Bonchev–Trinajstić information content (AvgIpc) is 2.40. The summed E-state index contributed by atoms with van der Waals surface area (Å²) in [4.78, 5) is 15.8. The Morgan fingerprint density at radius 2 is 1.82 bits per heavy atom. The molecule has 0 saturated carbocycles. The zero-order valence-electron chi connectivity index (χ0n) is 8.95. The van der Waals surface area contributed by atoms with Gasteiger partial charge in [0, 0.05) is 6.20 Å². The van der Waals surface area contributed by atoms with Gasteiger partial charge in [-0.25, -0.2) is 14.1 Å². The maximum atomic E-state index is 11.8. The summed E-state index contributed by atoms with van der Waals surface area (Å²) in [6, 6.07) is 14.1. The molecule has 0 spiro atoms. The maximum absolute atomic E-state index is 11.8. The molecule has 2 rings (SSSR count). The Bertz CT molecular complexity index is 490. The van der Waals surface area contributed by atoms with E-state index in [2.05, 4.69) is 23.1 Å². The lowest BCUT2D eigenvalue weighted by molar-refractivity contribution is 0.260.